The number of amides is 1. The molecule has 0 aliphatic carbocycles. The Morgan fingerprint density at radius 3 is 2.52 bits per heavy atom. The molecule has 0 saturated heterocycles. The molecule has 0 aliphatic heterocycles. The maximum Gasteiger partial charge on any atom is 0.242 e. The Bertz CT molecular complexity index is 1140. The molecule has 0 radical (unpaired) electrons. The molecule has 0 atom stereocenters. The van der Waals surface area contributed by atoms with Gasteiger partial charge in [0, 0.05) is 32.7 Å². The summed E-state index contributed by atoms with van der Waals surface area (Å²) in [6, 6.07) is 16.2. The van der Waals surface area contributed by atoms with Gasteiger partial charge >= 0.3 is 0 Å². The molecule has 0 unspecified atom stereocenters. The van der Waals surface area contributed by atoms with Gasteiger partial charge in [-0.15, -0.1) is 10.2 Å². The first-order valence-corrected chi connectivity index (χ1v) is 12.1. The van der Waals surface area contributed by atoms with E-state index in [1.165, 1.54) is 38.0 Å². The van der Waals surface area contributed by atoms with Crippen LogP contribution in [0.2, 0.25) is 0 Å². The lowest BCUT2D eigenvalue weighted by Crippen LogP contribution is -2.22. The van der Waals surface area contributed by atoms with E-state index in [2.05, 4.69) is 15.5 Å². The number of rotatable bonds is 9. The summed E-state index contributed by atoms with van der Waals surface area (Å²) in [5, 5.41) is 11.9. The van der Waals surface area contributed by atoms with Crippen molar-refractivity contribution in [3.8, 4) is 0 Å². The molecule has 2 aromatic carbocycles. The summed E-state index contributed by atoms with van der Waals surface area (Å²) < 4.78 is 27.7. The van der Waals surface area contributed by atoms with Crippen LogP contribution < -0.4 is 5.32 Å². The first-order chi connectivity index (χ1) is 14.8. The maximum atomic E-state index is 12.4. The van der Waals surface area contributed by atoms with Gasteiger partial charge in [-0.25, -0.2) is 12.7 Å². The average molecular weight is 460 g/mol. The predicted octanol–water partition coefficient (Wildman–Crippen LogP) is 2.87. The van der Waals surface area contributed by atoms with Gasteiger partial charge in [0.05, 0.1) is 10.6 Å². The Balaban J connectivity index is 1.64. The number of carbonyl (C=O) groups excluding carboxylic acids is 1. The normalized spacial score (nSPS) is 11.6. The van der Waals surface area contributed by atoms with Crippen molar-refractivity contribution in [1.82, 2.24) is 19.1 Å². The van der Waals surface area contributed by atoms with Crippen molar-refractivity contribution in [2.45, 2.75) is 29.9 Å². The van der Waals surface area contributed by atoms with E-state index < -0.39 is 10.0 Å². The average Bonchev–Trinajstić information content (AvgIpc) is 3.14. The highest BCUT2D eigenvalue weighted by molar-refractivity contribution is 7.99. The number of hydrogen-bond donors (Lipinski definition) is 1. The van der Waals surface area contributed by atoms with Gasteiger partial charge in [0.15, 0.2) is 5.16 Å². The minimum Gasteiger partial charge on any atom is -0.325 e. The van der Waals surface area contributed by atoms with Crippen LogP contribution in [-0.2, 0) is 27.8 Å². The Hall–Kier alpha value is -2.69. The number of benzene rings is 2. The molecule has 0 spiro atoms. The summed E-state index contributed by atoms with van der Waals surface area (Å²) in [4.78, 5) is 12.6. The topological polar surface area (TPSA) is 97.2 Å². The van der Waals surface area contributed by atoms with Gasteiger partial charge in [0.25, 0.3) is 0 Å². The number of aromatic nitrogens is 3. The molecule has 10 heteroatoms. The Kier molecular flexibility index (Phi) is 7.47. The van der Waals surface area contributed by atoms with Crippen LogP contribution in [0.15, 0.2) is 64.6 Å². The monoisotopic (exact) mass is 459 g/mol. The summed E-state index contributed by atoms with van der Waals surface area (Å²) in [6.45, 7) is 2.71. The van der Waals surface area contributed by atoms with Crippen molar-refractivity contribution in [3.63, 3.8) is 0 Å². The van der Waals surface area contributed by atoms with Gasteiger partial charge in [-0.3, -0.25) is 4.79 Å². The van der Waals surface area contributed by atoms with Crippen LogP contribution in [0.4, 0.5) is 5.69 Å². The van der Waals surface area contributed by atoms with Gasteiger partial charge in [-0.05, 0) is 30.7 Å². The molecule has 3 aromatic rings. The smallest absolute Gasteiger partial charge is 0.242 e. The van der Waals surface area contributed by atoms with E-state index in [1.807, 2.05) is 41.8 Å². The molecule has 1 heterocycles. The van der Waals surface area contributed by atoms with Crippen LogP contribution in [0.5, 0.6) is 0 Å². The summed E-state index contributed by atoms with van der Waals surface area (Å²) in [5.74, 6) is 0.728. The van der Waals surface area contributed by atoms with Crippen LogP contribution >= 0.6 is 11.8 Å². The first kappa shape index (κ1) is 23.0. The fourth-order valence-electron chi connectivity index (χ4n) is 2.92. The molecule has 31 heavy (non-hydrogen) atoms. The summed E-state index contributed by atoms with van der Waals surface area (Å²) in [7, 11) is -0.636. The van der Waals surface area contributed by atoms with E-state index in [0.29, 0.717) is 23.8 Å². The van der Waals surface area contributed by atoms with Crippen molar-refractivity contribution in [3.05, 3.63) is 66.0 Å². The predicted molar refractivity (Wildman–Crippen MR) is 122 cm³/mol. The van der Waals surface area contributed by atoms with Crippen molar-refractivity contribution >= 4 is 33.4 Å². The zero-order chi connectivity index (χ0) is 22.4. The lowest BCUT2D eigenvalue weighted by atomic mass is 10.1. The first-order valence-electron chi connectivity index (χ1n) is 9.72. The van der Waals surface area contributed by atoms with Crippen LogP contribution in [0.1, 0.15) is 18.3 Å². The minimum absolute atomic E-state index is 0.124. The van der Waals surface area contributed by atoms with Gasteiger partial charge in [-0.2, -0.15) is 0 Å². The Labute approximate surface area is 186 Å². The van der Waals surface area contributed by atoms with Gasteiger partial charge in [0.1, 0.15) is 5.82 Å². The van der Waals surface area contributed by atoms with Crippen LogP contribution in [0.3, 0.4) is 0 Å². The second-order valence-electron chi connectivity index (χ2n) is 6.96. The lowest BCUT2D eigenvalue weighted by molar-refractivity contribution is -0.113. The quantitative estimate of drug-likeness (QED) is 0.494. The third kappa shape index (κ3) is 5.72. The fourth-order valence-corrected chi connectivity index (χ4v) is 4.69. The van der Waals surface area contributed by atoms with E-state index in [1.54, 1.807) is 12.1 Å². The van der Waals surface area contributed by atoms with E-state index in [0.717, 1.165) is 15.7 Å². The van der Waals surface area contributed by atoms with Crippen molar-refractivity contribution in [2.24, 2.45) is 0 Å². The SMILES string of the molecule is CCn1c(Cc2ccccc2)nnc1SCC(=O)Nc1cccc(S(=O)(=O)N(C)C)c1. The van der Waals surface area contributed by atoms with Crippen LogP contribution in [0.25, 0.3) is 0 Å². The number of anilines is 1. The molecule has 1 amide bonds. The summed E-state index contributed by atoms with van der Waals surface area (Å²) >= 11 is 1.30. The molecule has 164 valence electrons. The molecule has 0 fully saturated rings. The maximum absolute atomic E-state index is 12.4. The number of nitrogens with one attached hydrogen (secondary N) is 1. The van der Waals surface area contributed by atoms with Gasteiger partial charge < -0.3 is 9.88 Å². The van der Waals surface area contributed by atoms with E-state index in [-0.39, 0.29) is 16.6 Å². The van der Waals surface area contributed by atoms with Gasteiger partial charge in [0.2, 0.25) is 15.9 Å². The third-order valence-corrected chi connectivity index (χ3v) is 7.32. The molecule has 0 bridgehead atoms. The lowest BCUT2D eigenvalue weighted by Gasteiger charge is -2.12. The highest BCUT2D eigenvalue weighted by Gasteiger charge is 2.18. The van der Waals surface area contributed by atoms with Crippen molar-refractivity contribution in [1.29, 1.82) is 0 Å². The molecule has 1 N–H and O–H groups in total. The van der Waals surface area contributed by atoms with E-state index >= 15 is 0 Å². The number of hydrogen-bond acceptors (Lipinski definition) is 6. The van der Waals surface area contributed by atoms with Crippen LogP contribution in [-0.4, -0.2) is 53.2 Å². The highest BCUT2D eigenvalue weighted by atomic mass is 32.2. The van der Waals surface area contributed by atoms with Gasteiger partial charge in [-0.1, -0.05) is 48.2 Å². The largest absolute Gasteiger partial charge is 0.325 e. The Morgan fingerprint density at radius 1 is 1.10 bits per heavy atom. The molecule has 1 aromatic heterocycles. The second-order valence-corrected chi connectivity index (χ2v) is 10.1. The zero-order valence-corrected chi connectivity index (χ0v) is 19.3. The molecule has 0 aliphatic rings. The van der Waals surface area contributed by atoms with Crippen molar-refractivity contribution < 1.29 is 13.2 Å². The number of nitrogens with zero attached hydrogens (tertiary/aromatic N) is 4. The molecular weight excluding hydrogens is 434 g/mol. The fraction of sp³-hybridized carbons (Fsp3) is 0.286. The number of sulfonamides is 1. The minimum atomic E-state index is -3.57. The molecule has 0 saturated carbocycles. The standard InChI is InChI=1S/C21H25N5O3S2/c1-4-26-19(13-16-9-6-5-7-10-16)23-24-21(26)30-15-20(27)22-17-11-8-12-18(14-17)31(28,29)25(2)3/h5-12,14H,4,13,15H2,1-3H3,(H,22,27). The second kappa shape index (κ2) is 10.1. The Morgan fingerprint density at radius 2 is 1.84 bits per heavy atom. The van der Waals surface area contributed by atoms with Crippen LogP contribution in [0, 0.1) is 0 Å². The van der Waals surface area contributed by atoms with E-state index in [4.69, 9.17) is 0 Å². The molecule has 3 rings (SSSR count). The number of thioether (sulfide) groups is 1. The third-order valence-electron chi connectivity index (χ3n) is 4.54. The summed E-state index contributed by atoms with van der Waals surface area (Å²) in [6.07, 6.45) is 0.668. The highest BCUT2D eigenvalue weighted by Crippen LogP contribution is 2.21. The summed E-state index contributed by atoms with van der Waals surface area (Å²) in [5.41, 5.74) is 1.57. The molecular formula is C21H25N5O3S2. The number of carbonyl (C=O) groups is 1. The van der Waals surface area contributed by atoms with E-state index in [9.17, 15) is 13.2 Å². The molecule has 8 nitrogen and oxygen atoms in total. The van der Waals surface area contributed by atoms with Crippen molar-refractivity contribution in [2.75, 3.05) is 25.2 Å². The zero-order valence-electron chi connectivity index (χ0n) is 17.6.